The van der Waals surface area contributed by atoms with E-state index in [2.05, 4.69) is 146 Å². The first-order valence-corrected chi connectivity index (χ1v) is 14.8. The molecule has 8 aromatic rings. The van der Waals surface area contributed by atoms with Crippen molar-refractivity contribution in [2.75, 3.05) is 0 Å². The van der Waals surface area contributed by atoms with Crippen LogP contribution in [0.2, 0.25) is 0 Å². The lowest BCUT2D eigenvalue weighted by molar-refractivity contribution is 1.26. The van der Waals surface area contributed by atoms with Gasteiger partial charge in [0.15, 0.2) is 0 Å². The summed E-state index contributed by atoms with van der Waals surface area (Å²) in [7, 11) is 0. The summed E-state index contributed by atoms with van der Waals surface area (Å²) in [5.41, 5.74) is 14.5. The Morgan fingerprint density at radius 3 is 1.71 bits per heavy atom. The highest BCUT2D eigenvalue weighted by molar-refractivity contribution is 6.27. The van der Waals surface area contributed by atoms with Crippen molar-refractivity contribution in [3.8, 4) is 44.5 Å². The zero-order chi connectivity index (χ0) is 27.8. The van der Waals surface area contributed by atoms with Crippen molar-refractivity contribution < 1.29 is 0 Å². The van der Waals surface area contributed by atoms with E-state index >= 15 is 0 Å². The van der Waals surface area contributed by atoms with Gasteiger partial charge in [-0.25, -0.2) is 0 Å². The van der Waals surface area contributed by atoms with Crippen molar-refractivity contribution in [1.29, 1.82) is 0 Å². The van der Waals surface area contributed by atoms with Crippen LogP contribution in [0.15, 0.2) is 140 Å². The van der Waals surface area contributed by atoms with E-state index < -0.39 is 0 Å². The predicted octanol–water partition coefficient (Wildman–Crippen LogP) is 11.5. The molecule has 8 aromatic carbocycles. The summed E-state index contributed by atoms with van der Waals surface area (Å²) in [6, 6.07) is 52.2. The summed E-state index contributed by atoms with van der Waals surface area (Å²) in [5.74, 6) is 0. The maximum absolute atomic E-state index is 2.39. The van der Waals surface area contributed by atoms with Crippen LogP contribution in [0, 0.1) is 6.92 Å². The Hall–Kier alpha value is -5.20. The first kappa shape index (κ1) is 23.5. The zero-order valence-corrected chi connectivity index (χ0v) is 23.5. The number of aryl methyl sites for hydroxylation is 1. The van der Waals surface area contributed by atoms with Crippen LogP contribution in [0.5, 0.6) is 0 Å². The lowest BCUT2D eigenvalue weighted by atomic mass is 9.87. The third-order valence-electron chi connectivity index (χ3n) is 9.33. The molecule has 0 spiro atoms. The molecule has 1 aliphatic rings. The molecule has 42 heavy (non-hydrogen) atoms. The van der Waals surface area contributed by atoms with Gasteiger partial charge in [-0.15, -0.1) is 0 Å². The van der Waals surface area contributed by atoms with Gasteiger partial charge >= 0.3 is 0 Å². The molecule has 196 valence electrons. The maximum Gasteiger partial charge on any atom is -0.00132 e. The first-order chi connectivity index (χ1) is 20.7. The number of fused-ring (bicyclic) bond motifs is 3. The average molecular weight is 533 g/mol. The highest BCUT2D eigenvalue weighted by atomic mass is 14.2. The minimum atomic E-state index is 1.01. The van der Waals surface area contributed by atoms with Gasteiger partial charge in [-0.2, -0.15) is 0 Å². The normalized spacial score (nSPS) is 12.3. The number of rotatable bonds is 3. The summed E-state index contributed by atoms with van der Waals surface area (Å²) >= 11 is 0. The van der Waals surface area contributed by atoms with Gasteiger partial charge in [0, 0.05) is 0 Å². The van der Waals surface area contributed by atoms with Gasteiger partial charge < -0.3 is 0 Å². The van der Waals surface area contributed by atoms with Crippen molar-refractivity contribution in [2.45, 2.75) is 13.3 Å². The largest absolute Gasteiger partial charge is 0.0619 e. The molecular weight excluding hydrogens is 504 g/mol. The molecule has 0 heteroatoms. The Balaban J connectivity index is 1.19. The van der Waals surface area contributed by atoms with E-state index in [-0.39, 0.29) is 0 Å². The molecule has 0 fully saturated rings. The molecule has 0 unspecified atom stereocenters. The molecule has 0 aliphatic heterocycles. The van der Waals surface area contributed by atoms with Gasteiger partial charge in [0.25, 0.3) is 0 Å². The summed E-state index contributed by atoms with van der Waals surface area (Å²) in [6.45, 7) is 2.15. The fraction of sp³-hybridized carbons (Fsp3) is 0.0476. The van der Waals surface area contributed by atoms with Crippen LogP contribution in [-0.2, 0) is 6.42 Å². The topological polar surface area (TPSA) is 0 Å². The third kappa shape index (κ3) is 3.49. The van der Waals surface area contributed by atoms with E-state index in [1.54, 1.807) is 0 Å². The maximum atomic E-state index is 2.39. The van der Waals surface area contributed by atoms with Gasteiger partial charge in [0.05, 0.1) is 0 Å². The minimum Gasteiger partial charge on any atom is -0.0619 e. The van der Waals surface area contributed by atoms with Crippen LogP contribution in [0.25, 0.3) is 76.8 Å². The number of benzene rings is 8. The van der Waals surface area contributed by atoms with Crippen LogP contribution in [0.3, 0.4) is 0 Å². The fourth-order valence-corrected chi connectivity index (χ4v) is 7.23. The van der Waals surface area contributed by atoms with Gasteiger partial charge in [-0.3, -0.25) is 0 Å². The molecule has 0 saturated carbocycles. The summed E-state index contributed by atoms with van der Waals surface area (Å²) in [4.78, 5) is 0. The molecule has 0 N–H and O–H groups in total. The molecule has 0 radical (unpaired) electrons. The van der Waals surface area contributed by atoms with Gasteiger partial charge in [-0.1, -0.05) is 139 Å². The summed E-state index contributed by atoms with van der Waals surface area (Å²) < 4.78 is 0. The molecule has 0 nitrogen and oxygen atoms in total. The fourth-order valence-electron chi connectivity index (χ4n) is 7.23. The highest BCUT2D eigenvalue weighted by Crippen LogP contribution is 2.43. The van der Waals surface area contributed by atoms with Crippen LogP contribution in [-0.4, -0.2) is 0 Å². The second kappa shape index (κ2) is 8.90. The molecule has 0 bridgehead atoms. The van der Waals surface area contributed by atoms with Crippen molar-refractivity contribution in [3.05, 3.63) is 156 Å². The molecular formula is C42H28. The van der Waals surface area contributed by atoms with E-state index in [0.29, 0.717) is 0 Å². The van der Waals surface area contributed by atoms with Gasteiger partial charge in [0.1, 0.15) is 0 Å². The Morgan fingerprint density at radius 2 is 0.952 bits per heavy atom. The Bertz CT molecular complexity index is 2320. The molecule has 0 amide bonds. The van der Waals surface area contributed by atoms with E-state index in [4.69, 9.17) is 0 Å². The summed E-state index contributed by atoms with van der Waals surface area (Å²) in [6.07, 6.45) is 1.01. The van der Waals surface area contributed by atoms with Crippen LogP contribution in [0.4, 0.5) is 0 Å². The molecule has 0 atom stereocenters. The van der Waals surface area contributed by atoms with E-state index in [0.717, 1.165) is 6.42 Å². The Morgan fingerprint density at radius 1 is 0.381 bits per heavy atom. The molecule has 9 rings (SSSR count). The summed E-state index contributed by atoms with van der Waals surface area (Å²) in [5, 5.41) is 7.94. The molecule has 1 aliphatic carbocycles. The second-order valence-corrected chi connectivity index (χ2v) is 11.8. The third-order valence-corrected chi connectivity index (χ3v) is 9.33. The van der Waals surface area contributed by atoms with Gasteiger partial charge in [0.2, 0.25) is 0 Å². The standard InChI is InChI=1S/C42H28/c1-26-9-11-27(12-10-26)36-18-13-28-16-22-40-37(19-14-29-15-21-39(36)41(28)42(29)40)33-7-4-6-30(23-33)31-17-20-38-34(24-31)25-32-5-2-3-8-35(32)38/h2-24H,25H2,1H3. The predicted molar refractivity (Wildman–Crippen MR) is 179 cm³/mol. The van der Waals surface area contributed by atoms with Gasteiger partial charge in [-0.05, 0) is 107 Å². The molecule has 0 saturated heterocycles. The molecule has 0 heterocycles. The van der Waals surface area contributed by atoms with Crippen molar-refractivity contribution in [1.82, 2.24) is 0 Å². The Kier molecular flexibility index (Phi) is 4.98. The second-order valence-electron chi connectivity index (χ2n) is 11.8. The number of hydrogen-bond acceptors (Lipinski definition) is 0. The monoisotopic (exact) mass is 532 g/mol. The van der Waals surface area contributed by atoms with Crippen LogP contribution >= 0.6 is 0 Å². The first-order valence-electron chi connectivity index (χ1n) is 14.8. The number of hydrogen-bond donors (Lipinski definition) is 0. The lowest BCUT2D eigenvalue weighted by Gasteiger charge is -2.17. The van der Waals surface area contributed by atoms with Crippen LogP contribution < -0.4 is 0 Å². The highest BCUT2D eigenvalue weighted by Gasteiger charge is 2.19. The zero-order valence-electron chi connectivity index (χ0n) is 23.5. The minimum absolute atomic E-state index is 1.01. The van der Waals surface area contributed by atoms with Crippen LogP contribution in [0.1, 0.15) is 16.7 Å². The van der Waals surface area contributed by atoms with E-state index in [9.17, 15) is 0 Å². The van der Waals surface area contributed by atoms with Crippen molar-refractivity contribution in [3.63, 3.8) is 0 Å². The van der Waals surface area contributed by atoms with E-state index in [1.807, 2.05) is 0 Å². The average Bonchev–Trinajstić information content (AvgIpc) is 3.42. The lowest BCUT2D eigenvalue weighted by Crippen LogP contribution is -1.90. The van der Waals surface area contributed by atoms with Crippen molar-refractivity contribution >= 4 is 32.3 Å². The quantitative estimate of drug-likeness (QED) is 0.199. The Labute approximate surface area is 245 Å². The van der Waals surface area contributed by atoms with Crippen molar-refractivity contribution in [2.24, 2.45) is 0 Å². The SMILES string of the molecule is Cc1ccc(-c2ccc3ccc4c(-c5cccc(-c6ccc7c(c6)Cc6ccccc6-7)c5)ccc5ccc2c3c54)cc1. The van der Waals surface area contributed by atoms with E-state index in [1.165, 1.54) is 93.5 Å². The smallest absolute Gasteiger partial charge is 0.00132 e. The molecule has 0 aromatic heterocycles.